The van der Waals surface area contributed by atoms with Gasteiger partial charge in [-0.05, 0) is 6.07 Å². The van der Waals surface area contributed by atoms with Crippen LogP contribution in [0.25, 0.3) is 10.9 Å². The minimum atomic E-state index is -4.68. The van der Waals surface area contributed by atoms with Crippen molar-refractivity contribution in [2.24, 2.45) is 0 Å². The summed E-state index contributed by atoms with van der Waals surface area (Å²) in [5, 5.41) is 2.62. The van der Waals surface area contributed by atoms with Crippen LogP contribution in [-0.4, -0.2) is 79.6 Å². The molecule has 1 fully saturated rings. The number of amides is 2. The number of benzene rings is 1. The molecule has 1 aliphatic heterocycles. The van der Waals surface area contributed by atoms with Crippen molar-refractivity contribution in [3.8, 4) is 0 Å². The molecule has 0 spiro atoms. The number of hydrogen-bond donors (Lipinski definition) is 1. The SMILES string of the molecule is COCCNC(=O)CN1CCN(C(=O)c2cnc3ccccc3c2C(F)(F)F)CC1. The molecule has 7 nitrogen and oxygen atoms in total. The zero-order chi connectivity index (χ0) is 21.7. The molecule has 2 aromatic rings. The van der Waals surface area contributed by atoms with Crippen molar-refractivity contribution in [2.45, 2.75) is 6.18 Å². The van der Waals surface area contributed by atoms with Crippen LogP contribution in [0.2, 0.25) is 0 Å². The van der Waals surface area contributed by atoms with Gasteiger partial charge in [0.25, 0.3) is 5.91 Å². The van der Waals surface area contributed by atoms with E-state index in [9.17, 15) is 22.8 Å². The van der Waals surface area contributed by atoms with Crippen LogP contribution in [0.4, 0.5) is 13.2 Å². The van der Waals surface area contributed by atoms with E-state index in [0.717, 1.165) is 6.20 Å². The van der Waals surface area contributed by atoms with Crippen molar-refractivity contribution in [3.05, 3.63) is 41.6 Å². The lowest BCUT2D eigenvalue weighted by Gasteiger charge is -2.34. The Bertz CT molecular complexity index is 912. The summed E-state index contributed by atoms with van der Waals surface area (Å²) < 4.78 is 46.2. The molecule has 10 heteroatoms. The van der Waals surface area contributed by atoms with E-state index in [2.05, 4.69) is 10.3 Å². The van der Waals surface area contributed by atoms with E-state index in [1.807, 2.05) is 4.90 Å². The van der Waals surface area contributed by atoms with E-state index < -0.39 is 23.2 Å². The van der Waals surface area contributed by atoms with Crippen LogP contribution in [0.15, 0.2) is 30.5 Å². The lowest BCUT2D eigenvalue weighted by molar-refractivity contribution is -0.136. The molecular weight excluding hydrogens is 401 g/mol. The zero-order valence-electron chi connectivity index (χ0n) is 16.5. The van der Waals surface area contributed by atoms with Crippen molar-refractivity contribution >= 4 is 22.7 Å². The van der Waals surface area contributed by atoms with Gasteiger partial charge in [0.15, 0.2) is 0 Å². The van der Waals surface area contributed by atoms with Gasteiger partial charge < -0.3 is 15.0 Å². The summed E-state index contributed by atoms with van der Waals surface area (Å²) in [5.41, 5.74) is -1.23. The normalized spacial score (nSPS) is 15.4. The molecule has 1 N–H and O–H groups in total. The molecule has 0 aliphatic carbocycles. The summed E-state index contributed by atoms with van der Waals surface area (Å²) in [6.07, 6.45) is -3.68. The molecule has 0 saturated carbocycles. The van der Waals surface area contributed by atoms with Gasteiger partial charge >= 0.3 is 6.18 Å². The summed E-state index contributed by atoms with van der Waals surface area (Å²) in [7, 11) is 1.54. The highest BCUT2D eigenvalue weighted by molar-refractivity contribution is 6.00. The zero-order valence-corrected chi connectivity index (χ0v) is 16.5. The molecule has 0 unspecified atom stereocenters. The molecule has 3 rings (SSSR count). The number of halogens is 3. The number of ether oxygens (including phenoxy) is 1. The molecule has 0 bridgehead atoms. The highest BCUT2D eigenvalue weighted by Gasteiger charge is 2.39. The van der Waals surface area contributed by atoms with E-state index >= 15 is 0 Å². The van der Waals surface area contributed by atoms with Crippen LogP contribution in [-0.2, 0) is 15.7 Å². The Balaban J connectivity index is 1.70. The number of pyridine rings is 1. The first-order chi connectivity index (χ1) is 14.3. The van der Waals surface area contributed by atoms with Gasteiger partial charge in [-0.2, -0.15) is 13.2 Å². The second kappa shape index (κ2) is 9.40. The number of alkyl halides is 3. The molecule has 1 aliphatic rings. The maximum Gasteiger partial charge on any atom is 0.417 e. The van der Waals surface area contributed by atoms with Crippen molar-refractivity contribution in [3.63, 3.8) is 0 Å². The minimum Gasteiger partial charge on any atom is -0.383 e. The first-order valence-corrected chi connectivity index (χ1v) is 9.53. The van der Waals surface area contributed by atoms with Gasteiger partial charge in [-0.3, -0.25) is 19.5 Å². The Hall–Kier alpha value is -2.72. The topological polar surface area (TPSA) is 74.8 Å². The second-order valence-corrected chi connectivity index (χ2v) is 6.97. The number of carbonyl (C=O) groups is 2. The summed E-state index contributed by atoms with van der Waals surface area (Å²) in [6, 6.07) is 5.89. The molecule has 0 radical (unpaired) electrons. The van der Waals surface area contributed by atoms with Crippen molar-refractivity contribution in [1.29, 1.82) is 0 Å². The highest BCUT2D eigenvalue weighted by atomic mass is 19.4. The number of aromatic nitrogens is 1. The summed E-state index contributed by atoms with van der Waals surface area (Å²) in [4.78, 5) is 32.0. The first-order valence-electron chi connectivity index (χ1n) is 9.53. The van der Waals surface area contributed by atoms with Gasteiger partial charge in [0.05, 0.1) is 29.8 Å². The van der Waals surface area contributed by atoms with E-state index in [1.54, 1.807) is 6.07 Å². The van der Waals surface area contributed by atoms with E-state index in [1.165, 1.54) is 30.2 Å². The fraction of sp³-hybridized carbons (Fsp3) is 0.450. The second-order valence-electron chi connectivity index (χ2n) is 6.97. The standard InChI is InChI=1S/C20H23F3N4O3/c1-30-11-6-24-17(28)13-26-7-9-27(10-8-26)19(29)15-12-25-16-5-3-2-4-14(16)18(15)20(21,22)23/h2-5,12H,6-11,13H2,1H3,(H,24,28). The number of nitrogens with zero attached hydrogens (tertiary/aromatic N) is 3. The van der Waals surface area contributed by atoms with Gasteiger partial charge in [-0.15, -0.1) is 0 Å². The number of carbonyl (C=O) groups excluding carboxylic acids is 2. The van der Waals surface area contributed by atoms with Gasteiger partial charge in [0, 0.05) is 51.4 Å². The first kappa shape index (κ1) is 22.0. The monoisotopic (exact) mass is 424 g/mol. The van der Waals surface area contributed by atoms with Crippen molar-refractivity contribution in [2.75, 3.05) is 53.0 Å². The third-order valence-corrected chi connectivity index (χ3v) is 4.94. The number of methoxy groups -OCH3 is 1. The molecule has 1 aromatic carbocycles. The molecule has 2 amide bonds. The maximum absolute atomic E-state index is 13.8. The Kier molecular flexibility index (Phi) is 6.88. The quantitative estimate of drug-likeness (QED) is 0.716. The smallest absolute Gasteiger partial charge is 0.383 e. The van der Waals surface area contributed by atoms with Crippen LogP contribution in [0, 0.1) is 0 Å². The number of nitrogens with one attached hydrogen (secondary N) is 1. The van der Waals surface area contributed by atoms with Crippen LogP contribution in [0.3, 0.4) is 0 Å². The molecule has 1 aromatic heterocycles. The number of hydrogen-bond acceptors (Lipinski definition) is 5. The third-order valence-electron chi connectivity index (χ3n) is 4.94. The van der Waals surface area contributed by atoms with Gasteiger partial charge in [-0.1, -0.05) is 18.2 Å². The number of fused-ring (bicyclic) bond motifs is 1. The summed E-state index contributed by atoms with van der Waals surface area (Å²) in [6.45, 7) is 2.23. The predicted molar refractivity (Wildman–Crippen MR) is 104 cm³/mol. The van der Waals surface area contributed by atoms with Gasteiger partial charge in [0.1, 0.15) is 0 Å². The third kappa shape index (κ3) is 5.06. The number of piperazine rings is 1. The maximum atomic E-state index is 13.8. The molecule has 30 heavy (non-hydrogen) atoms. The predicted octanol–water partition coefficient (Wildman–Crippen LogP) is 1.77. The molecule has 1 saturated heterocycles. The summed E-state index contributed by atoms with van der Waals surface area (Å²) >= 11 is 0. The average molecular weight is 424 g/mol. The Morgan fingerprint density at radius 2 is 1.87 bits per heavy atom. The lowest BCUT2D eigenvalue weighted by Crippen LogP contribution is -2.51. The molecule has 2 heterocycles. The lowest BCUT2D eigenvalue weighted by atomic mass is 10.0. The largest absolute Gasteiger partial charge is 0.417 e. The van der Waals surface area contributed by atoms with Crippen LogP contribution >= 0.6 is 0 Å². The fourth-order valence-corrected chi connectivity index (χ4v) is 3.44. The van der Waals surface area contributed by atoms with Crippen LogP contribution < -0.4 is 5.32 Å². The van der Waals surface area contributed by atoms with Crippen molar-refractivity contribution < 1.29 is 27.5 Å². The van der Waals surface area contributed by atoms with Gasteiger partial charge in [0.2, 0.25) is 5.91 Å². The highest BCUT2D eigenvalue weighted by Crippen LogP contribution is 2.37. The number of rotatable bonds is 6. The van der Waals surface area contributed by atoms with Gasteiger partial charge in [-0.25, -0.2) is 0 Å². The Labute approximate surface area is 171 Å². The van der Waals surface area contributed by atoms with E-state index in [-0.39, 0.29) is 36.4 Å². The van der Waals surface area contributed by atoms with E-state index in [4.69, 9.17) is 4.74 Å². The van der Waals surface area contributed by atoms with E-state index in [0.29, 0.717) is 26.2 Å². The van der Waals surface area contributed by atoms with Crippen LogP contribution in [0.5, 0.6) is 0 Å². The summed E-state index contributed by atoms with van der Waals surface area (Å²) in [5.74, 6) is -0.866. The number of para-hydroxylation sites is 1. The average Bonchev–Trinajstić information content (AvgIpc) is 2.72. The van der Waals surface area contributed by atoms with Crippen molar-refractivity contribution in [1.82, 2.24) is 20.1 Å². The molecule has 162 valence electrons. The Morgan fingerprint density at radius 3 is 2.53 bits per heavy atom. The van der Waals surface area contributed by atoms with Crippen LogP contribution in [0.1, 0.15) is 15.9 Å². The molecule has 0 atom stereocenters. The minimum absolute atomic E-state index is 0.0952. The molecular formula is C20H23F3N4O3. The Morgan fingerprint density at radius 1 is 1.17 bits per heavy atom. The fourth-order valence-electron chi connectivity index (χ4n) is 3.44.